The van der Waals surface area contributed by atoms with Gasteiger partial charge in [-0.3, -0.25) is 0 Å². The van der Waals surface area contributed by atoms with Crippen molar-refractivity contribution in [3.8, 4) is 0 Å². The third kappa shape index (κ3) is 12.0. The first-order valence-corrected chi connectivity index (χ1v) is 13.0. The summed E-state index contributed by atoms with van der Waals surface area (Å²) in [4.78, 5) is 5.22. The van der Waals surface area contributed by atoms with Crippen LogP contribution < -0.4 is 0 Å². The molecular weight excluding hydrogens is 340 g/mol. The predicted molar refractivity (Wildman–Crippen MR) is 126 cm³/mol. The summed E-state index contributed by atoms with van der Waals surface area (Å²) in [7, 11) is 0. The minimum atomic E-state index is 0.643. The van der Waals surface area contributed by atoms with Crippen molar-refractivity contribution >= 4 is 0 Å². The van der Waals surface area contributed by atoms with Crippen molar-refractivity contribution in [3.05, 3.63) is 12.4 Å². The van der Waals surface area contributed by atoms with Gasteiger partial charge in [-0.05, 0) is 25.7 Å². The Morgan fingerprint density at radius 1 is 0.464 bits per heavy atom. The highest BCUT2D eigenvalue weighted by molar-refractivity contribution is 4.96. The van der Waals surface area contributed by atoms with E-state index in [1.54, 1.807) is 0 Å². The topological polar surface area (TPSA) is 6.48 Å². The van der Waals surface area contributed by atoms with Crippen LogP contribution in [-0.4, -0.2) is 29.1 Å². The lowest BCUT2D eigenvalue weighted by atomic mass is 10.0. The SMILES string of the molecule is CCCCCCCCCCCCCCC1N(CCC)C=CN1CCCCCC. The Balaban J connectivity index is 2.06. The van der Waals surface area contributed by atoms with E-state index >= 15 is 0 Å². The fraction of sp³-hybridized carbons (Fsp3) is 0.923. The zero-order valence-electron chi connectivity index (χ0n) is 19.8. The molecule has 0 radical (unpaired) electrons. The van der Waals surface area contributed by atoms with E-state index in [9.17, 15) is 0 Å². The van der Waals surface area contributed by atoms with Crippen molar-refractivity contribution in [2.45, 2.75) is 143 Å². The van der Waals surface area contributed by atoms with Crippen LogP contribution in [0.4, 0.5) is 0 Å². The van der Waals surface area contributed by atoms with Crippen LogP contribution in [0.15, 0.2) is 12.4 Å². The van der Waals surface area contributed by atoms with Gasteiger partial charge in [-0.25, -0.2) is 0 Å². The van der Waals surface area contributed by atoms with Crippen LogP contribution in [0.5, 0.6) is 0 Å². The smallest absolute Gasteiger partial charge is 0.101 e. The molecule has 0 saturated carbocycles. The van der Waals surface area contributed by atoms with Crippen LogP contribution in [0.25, 0.3) is 0 Å². The van der Waals surface area contributed by atoms with E-state index in [1.165, 1.54) is 129 Å². The maximum atomic E-state index is 2.63. The maximum Gasteiger partial charge on any atom is 0.101 e. The highest BCUT2D eigenvalue weighted by Crippen LogP contribution is 2.23. The molecule has 0 bridgehead atoms. The Labute approximate surface area is 178 Å². The Morgan fingerprint density at radius 2 is 0.893 bits per heavy atom. The average molecular weight is 393 g/mol. The van der Waals surface area contributed by atoms with E-state index in [4.69, 9.17) is 0 Å². The van der Waals surface area contributed by atoms with Crippen LogP contribution >= 0.6 is 0 Å². The molecule has 0 fully saturated rings. The zero-order chi connectivity index (χ0) is 20.3. The molecule has 1 aliphatic heterocycles. The van der Waals surface area contributed by atoms with Crippen molar-refractivity contribution in [1.82, 2.24) is 9.80 Å². The largest absolute Gasteiger partial charge is 0.356 e. The Bertz CT molecular complexity index is 352. The van der Waals surface area contributed by atoms with Crippen molar-refractivity contribution in [2.24, 2.45) is 0 Å². The van der Waals surface area contributed by atoms with Gasteiger partial charge in [0.1, 0.15) is 6.17 Å². The monoisotopic (exact) mass is 392 g/mol. The van der Waals surface area contributed by atoms with Gasteiger partial charge in [0.2, 0.25) is 0 Å². The molecule has 0 aliphatic carbocycles. The minimum absolute atomic E-state index is 0.643. The van der Waals surface area contributed by atoms with Crippen molar-refractivity contribution in [2.75, 3.05) is 13.1 Å². The quantitative estimate of drug-likeness (QED) is 0.192. The van der Waals surface area contributed by atoms with Crippen LogP contribution in [0, 0.1) is 0 Å². The van der Waals surface area contributed by atoms with Gasteiger partial charge in [0.05, 0.1) is 0 Å². The van der Waals surface area contributed by atoms with E-state index in [-0.39, 0.29) is 0 Å². The molecule has 166 valence electrons. The second kappa shape index (κ2) is 18.4. The molecule has 1 unspecified atom stereocenters. The summed E-state index contributed by atoms with van der Waals surface area (Å²) in [5.74, 6) is 0. The van der Waals surface area contributed by atoms with Gasteiger partial charge < -0.3 is 9.80 Å². The number of unbranched alkanes of at least 4 members (excludes halogenated alkanes) is 14. The minimum Gasteiger partial charge on any atom is -0.356 e. The molecule has 1 aliphatic rings. The van der Waals surface area contributed by atoms with Crippen LogP contribution in [0.1, 0.15) is 136 Å². The molecule has 0 spiro atoms. The van der Waals surface area contributed by atoms with Gasteiger partial charge >= 0.3 is 0 Å². The van der Waals surface area contributed by atoms with E-state index in [2.05, 4.69) is 43.0 Å². The summed E-state index contributed by atoms with van der Waals surface area (Å²) < 4.78 is 0. The Hall–Kier alpha value is -0.660. The molecule has 2 nitrogen and oxygen atoms in total. The van der Waals surface area contributed by atoms with E-state index in [0.717, 1.165) is 0 Å². The first-order chi connectivity index (χ1) is 13.8. The third-order valence-corrected chi connectivity index (χ3v) is 6.28. The van der Waals surface area contributed by atoms with Gasteiger partial charge in [-0.15, -0.1) is 0 Å². The van der Waals surface area contributed by atoms with Gasteiger partial charge in [0, 0.05) is 25.5 Å². The van der Waals surface area contributed by atoms with Gasteiger partial charge in [0.25, 0.3) is 0 Å². The number of hydrogen-bond acceptors (Lipinski definition) is 2. The average Bonchev–Trinajstić information content (AvgIpc) is 3.08. The summed E-state index contributed by atoms with van der Waals surface area (Å²) in [5.41, 5.74) is 0. The van der Waals surface area contributed by atoms with E-state index in [1.807, 2.05) is 0 Å². The molecule has 1 heterocycles. The second-order valence-corrected chi connectivity index (χ2v) is 8.99. The van der Waals surface area contributed by atoms with E-state index in [0.29, 0.717) is 6.17 Å². The predicted octanol–water partition coefficient (Wildman–Crippen LogP) is 8.48. The number of rotatable bonds is 20. The summed E-state index contributed by atoms with van der Waals surface area (Å²) in [6, 6.07) is 0. The van der Waals surface area contributed by atoms with Gasteiger partial charge in [0.15, 0.2) is 0 Å². The summed E-state index contributed by atoms with van der Waals surface area (Å²) in [5, 5.41) is 0. The van der Waals surface area contributed by atoms with Gasteiger partial charge in [-0.2, -0.15) is 0 Å². The van der Waals surface area contributed by atoms with Crippen LogP contribution in [0.3, 0.4) is 0 Å². The first-order valence-electron chi connectivity index (χ1n) is 13.0. The third-order valence-electron chi connectivity index (χ3n) is 6.28. The number of nitrogens with zero attached hydrogens (tertiary/aromatic N) is 2. The fourth-order valence-electron chi connectivity index (χ4n) is 4.49. The van der Waals surface area contributed by atoms with Crippen molar-refractivity contribution in [1.29, 1.82) is 0 Å². The molecule has 0 aromatic heterocycles. The summed E-state index contributed by atoms with van der Waals surface area (Å²) in [6.45, 7) is 9.37. The zero-order valence-corrected chi connectivity index (χ0v) is 19.8. The molecule has 0 amide bonds. The van der Waals surface area contributed by atoms with Crippen molar-refractivity contribution < 1.29 is 0 Å². The normalized spacial score (nSPS) is 16.5. The lowest BCUT2D eigenvalue weighted by molar-refractivity contribution is 0.137. The molecule has 0 aromatic carbocycles. The van der Waals surface area contributed by atoms with Crippen molar-refractivity contribution in [3.63, 3.8) is 0 Å². The lowest BCUT2D eigenvalue weighted by Gasteiger charge is -2.33. The highest BCUT2D eigenvalue weighted by atomic mass is 15.4. The van der Waals surface area contributed by atoms with Gasteiger partial charge in [-0.1, -0.05) is 111 Å². The molecule has 0 saturated heterocycles. The highest BCUT2D eigenvalue weighted by Gasteiger charge is 2.24. The molecule has 2 heteroatoms. The van der Waals surface area contributed by atoms with E-state index < -0.39 is 0 Å². The number of hydrogen-bond donors (Lipinski definition) is 0. The van der Waals surface area contributed by atoms with Crippen LogP contribution in [0.2, 0.25) is 0 Å². The fourth-order valence-corrected chi connectivity index (χ4v) is 4.49. The molecule has 0 aromatic rings. The summed E-state index contributed by atoms with van der Waals surface area (Å²) in [6.07, 6.45) is 30.7. The molecule has 0 N–H and O–H groups in total. The Morgan fingerprint density at radius 3 is 1.39 bits per heavy atom. The molecule has 1 atom stereocenters. The standard InChI is InChI=1S/C26H52N2/c1-4-7-9-11-12-13-14-15-16-17-18-19-21-26-27(22-6-3)24-25-28(26)23-20-10-8-5-2/h24-26H,4-23H2,1-3H3. The van der Waals surface area contributed by atoms with Crippen LogP contribution in [-0.2, 0) is 0 Å². The second-order valence-electron chi connectivity index (χ2n) is 8.99. The molecule has 28 heavy (non-hydrogen) atoms. The lowest BCUT2D eigenvalue weighted by Crippen LogP contribution is -2.39. The maximum absolute atomic E-state index is 2.63. The Kier molecular flexibility index (Phi) is 16.7. The summed E-state index contributed by atoms with van der Waals surface area (Å²) >= 11 is 0. The first kappa shape index (κ1) is 25.4. The molecular formula is C26H52N2. The molecule has 1 rings (SSSR count).